The van der Waals surface area contributed by atoms with Gasteiger partial charge in [-0.2, -0.15) is 0 Å². The van der Waals surface area contributed by atoms with Crippen molar-refractivity contribution in [2.75, 3.05) is 12.8 Å². The highest BCUT2D eigenvalue weighted by atomic mass is 16.5. The first kappa shape index (κ1) is 13.3. The molecule has 2 aromatic rings. The highest BCUT2D eigenvalue weighted by Crippen LogP contribution is 2.33. The molecule has 0 radical (unpaired) electrons. The number of benzene rings is 1. The second-order valence-electron chi connectivity index (χ2n) is 4.71. The lowest BCUT2D eigenvalue weighted by molar-refractivity contribution is 0.415. The summed E-state index contributed by atoms with van der Waals surface area (Å²) in [4.78, 5) is 4.13. The summed E-state index contributed by atoms with van der Waals surface area (Å²) in [5.74, 6) is 2.09. The Hall–Kier alpha value is -2.17. The maximum absolute atomic E-state index is 5.91. The smallest absolute Gasteiger partial charge is 0.154 e. The minimum atomic E-state index is 0.364. The molecule has 1 heterocycles. The van der Waals surface area contributed by atoms with E-state index in [-0.39, 0.29) is 0 Å². The Labute approximate surface area is 112 Å². The molecule has 0 saturated heterocycles. The molecule has 0 aliphatic carbocycles. The number of rotatable bonds is 3. The highest BCUT2D eigenvalue weighted by molar-refractivity contribution is 5.75. The molecule has 0 saturated carbocycles. The summed E-state index contributed by atoms with van der Waals surface area (Å²) in [6.45, 7) is 6.03. The highest BCUT2D eigenvalue weighted by Gasteiger charge is 2.14. The number of nitrogens with zero attached hydrogens (tertiary/aromatic N) is 3. The number of hydrogen-bond donors (Lipinski definition) is 1. The van der Waals surface area contributed by atoms with Gasteiger partial charge in [-0.15, -0.1) is 10.2 Å². The lowest BCUT2D eigenvalue weighted by Crippen LogP contribution is -2.03. The fraction of sp³-hybridized carbons (Fsp3) is 0.357. The van der Waals surface area contributed by atoms with Crippen LogP contribution in [0, 0.1) is 6.92 Å². The number of aromatic nitrogens is 3. The first-order valence-electron chi connectivity index (χ1n) is 6.18. The molecule has 2 N–H and O–H groups in total. The van der Waals surface area contributed by atoms with E-state index in [1.807, 2.05) is 18.2 Å². The van der Waals surface area contributed by atoms with Crippen molar-refractivity contribution in [1.29, 1.82) is 0 Å². The molecule has 100 valence electrons. The van der Waals surface area contributed by atoms with Crippen LogP contribution >= 0.6 is 0 Å². The van der Waals surface area contributed by atoms with E-state index in [0.29, 0.717) is 23.3 Å². The summed E-state index contributed by atoms with van der Waals surface area (Å²) in [6.07, 6.45) is 0. The number of ether oxygens (including phenoxy) is 1. The fourth-order valence-corrected chi connectivity index (χ4v) is 1.88. The number of anilines is 1. The standard InChI is InChI=1S/C14H18N4O/c1-8(2)10-5-6-11(12(7-10)19-4)13-14(15)16-9(3)17-18-13/h5-8H,1-4H3,(H2,15,16,17). The Balaban J connectivity index is 2.55. The van der Waals surface area contributed by atoms with Gasteiger partial charge in [-0.1, -0.05) is 19.9 Å². The van der Waals surface area contributed by atoms with E-state index in [2.05, 4.69) is 29.0 Å². The van der Waals surface area contributed by atoms with E-state index >= 15 is 0 Å². The van der Waals surface area contributed by atoms with E-state index < -0.39 is 0 Å². The predicted molar refractivity (Wildman–Crippen MR) is 75.1 cm³/mol. The molecule has 0 spiro atoms. The number of aryl methyl sites for hydroxylation is 1. The summed E-state index contributed by atoms with van der Waals surface area (Å²) in [7, 11) is 1.63. The molecule has 0 aliphatic rings. The Kier molecular flexibility index (Phi) is 3.64. The van der Waals surface area contributed by atoms with Crippen molar-refractivity contribution < 1.29 is 4.74 Å². The van der Waals surface area contributed by atoms with Crippen LogP contribution in [-0.2, 0) is 0 Å². The summed E-state index contributed by atoms with van der Waals surface area (Å²) >= 11 is 0. The van der Waals surface area contributed by atoms with Crippen LogP contribution < -0.4 is 10.5 Å². The van der Waals surface area contributed by atoms with E-state index in [0.717, 1.165) is 11.3 Å². The van der Waals surface area contributed by atoms with Crippen LogP contribution in [0.1, 0.15) is 31.2 Å². The molecular weight excluding hydrogens is 240 g/mol. The van der Waals surface area contributed by atoms with Gasteiger partial charge in [0.05, 0.1) is 7.11 Å². The zero-order valence-corrected chi connectivity index (χ0v) is 11.6. The van der Waals surface area contributed by atoms with E-state index in [4.69, 9.17) is 10.5 Å². The van der Waals surface area contributed by atoms with Gasteiger partial charge in [0.2, 0.25) is 0 Å². The van der Waals surface area contributed by atoms with Gasteiger partial charge >= 0.3 is 0 Å². The summed E-state index contributed by atoms with van der Waals surface area (Å²) in [5, 5.41) is 8.07. The molecule has 0 aliphatic heterocycles. The van der Waals surface area contributed by atoms with Crippen LogP contribution in [0.5, 0.6) is 5.75 Å². The molecule has 5 heteroatoms. The first-order chi connectivity index (χ1) is 9.02. The molecule has 19 heavy (non-hydrogen) atoms. The molecule has 0 amide bonds. The van der Waals surface area contributed by atoms with Gasteiger partial charge in [0.1, 0.15) is 17.3 Å². The zero-order valence-electron chi connectivity index (χ0n) is 11.6. The quantitative estimate of drug-likeness (QED) is 0.915. The van der Waals surface area contributed by atoms with Crippen LogP contribution in [0.2, 0.25) is 0 Å². The van der Waals surface area contributed by atoms with Crippen molar-refractivity contribution in [1.82, 2.24) is 15.2 Å². The molecule has 0 atom stereocenters. The topological polar surface area (TPSA) is 73.9 Å². The van der Waals surface area contributed by atoms with Gasteiger partial charge in [0, 0.05) is 5.56 Å². The van der Waals surface area contributed by atoms with Crippen LogP contribution in [0.4, 0.5) is 5.82 Å². The van der Waals surface area contributed by atoms with Crippen molar-refractivity contribution in [3.05, 3.63) is 29.6 Å². The van der Waals surface area contributed by atoms with Gasteiger partial charge in [-0.05, 0) is 30.5 Å². The van der Waals surface area contributed by atoms with Crippen molar-refractivity contribution in [3.63, 3.8) is 0 Å². The number of nitrogen functional groups attached to an aromatic ring is 1. The number of hydrogen-bond acceptors (Lipinski definition) is 5. The molecule has 1 aromatic heterocycles. The third-order valence-electron chi connectivity index (χ3n) is 2.97. The monoisotopic (exact) mass is 258 g/mol. The molecule has 0 bridgehead atoms. The van der Waals surface area contributed by atoms with Gasteiger partial charge in [-0.3, -0.25) is 0 Å². The molecule has 2 rings (SSSR count). The summed E-state index contributed by atoms with van der Waals surface area (Å²) in [6, 6.07) is 6.00. The molecule has 1 aromatic carbocycles. The Bertz CT molecular complexity index is 596. The maximum atomic E-state index is 5.91. The van der Waals surface area contributed by atoms with Gasteiger partial charge in [0.15, 0.2) is 5.82 Å². The van der Waals surface area contributed by atoms with E-state index in [9.17, 15) is 0 Å². The van der Waals surface area contributed by atoms with Crippen LogP contribution in [0.15, 0.2) is 18.2 Å². The van der Waals surface area contributed by atoms with Crippen molar-refractivity contribution in [2.24, 2.45) is 0 Å². The molecule has 0 fully saturated rings. The Morgan fingerprint density at radius 2 is 1.95 bits per heavy atom. The lowest BCUT2D eigenvalue weighted by Gasteiger charge is -2.12. The van der Waals surface area contributed by atoms with Crippen LogP contribution in [-0.4, -0.2) is 22.3 Å². The van der Waals surface area contributed by atoms with Gasteiger partial charge in [0.25, 0.3) is 0 Å². The van der Waals surface area contributed by atoms with Gasteiger partial charge < -0.3 is 10.5 Å². The Morgan fingerprint density at radius 3 is 2.53 bits per heavy atom. The minimum Gasteiger partial charge on any atom is -0.496 e. The average molecular weight is 258 g/mol. The van der Waals surface area contributed by atoms with Crippen LogP contribution in [0.3, 0.4) is 0 Å². The molecule has 5 nitrogen and oxygen atoms in total. The largest absolute Gasteiger partial charge is 0.496 e. The van der Waals surface area contributed by atoms with Crippen LogP contribution in [0.25, 0.3) is 11.3 Å². The number of methoxy groups -OCH3 is 1. The van der Waals surface area contributed by atoms with E-state index in [1.54, 1.807) is 14.0 Å². The average Bonchev–Trinajstić information content (AvgIpc) is 2.38. The van der Waals surface area contributed by atoms with Crippen molar-refractivity contribution >= 4 is 5.82 Å². The normalized spacial score (nSPS) is 10.8. The number of nitrogens with two attached hydrogens (primary N) is 1. The third kappa shape index (κ3) is 2.65. The Morgan fingerprint density at radius 1 is 1.21 bits per heavy atom. The minimum absolute atomic E-state index is 0.364. The van der Waals surface area contributed by atoms with E-state index in [1.165, 1.54) is 5.56 Å². The second-order valence-corrected chi connectivity index (χ2v) is 4.71. The predicted octanol–water partition coefficient (Wildman–Crippen LogP) is 2.56. The molecule has 0 unspecified atom stereocenters. The summed E-state index contributed by atoms with van der Waals surface area (Å²) in [5.41, 5.74) is 8.47. The van der Waals surface area contributed by atoms with Crippen molar-refractivity contribution in [3.8, 4) is 17.0 Å². The molecular formula is C14H18N4O. The first-order valence-corrected chi connectivity index (χ1v) is 6.18. The van der Waals surface area contributed by atoms with Gasteiger partial charge in [-0.25, -0.2) is 4.98 Å². The third-order valence-corrected chi connectivity index (χ3v) is 2.97. The second kappa shape index (κ2) is 5.22. The van der Waals surface area contributed by atoms with Crippen molar-refractivity contribution in [2.45, 2.75) is 26.7 Å². The lowest BCUT2D eigenvalue weighted by atomic mass is 10.00. The summed E-state index contributed by atoms with van der Waals surface area (Å²) < 4.78 is 5.42. The zero-order chi connectivity index (χ0) is 14.0. The fourth-order valence-electron chi connectivity index (χ4n) is 1.88. The maximum Gasteiger partial charge on any atom is 0.154 e. The SMILES string of the molecule is COc1cc(C(C)C)ccc1-c1nnc(C)nc1N.